The molecule has 0 saturated heterocycles. The number of aromatic nitrogens is 3. The van der Waals surface area contributed by atoms with Crippen molar-refractivity contribution in [2.24, 2.45) is 0 Å². The van der Waals surface area contributed by atoms with Crippen molar-refractivity contribution in [2.75, 3.05) is 13.2 Å². The van der Waals surface area contributed by atoms with Gasteiger partial charge < -0.3 is 14.4 Å². The summed E-state index contributed by atoms with van der Waals surface area (Å²) in [5.41, 5.74) is 1.79. The van der Waals surface area contributed by atoms with E-state index in [1.54, 1.807) is 17.9 Å². The Labute approximate surface area is 168 Å². The smallest absolute Gasteiger partial charge is 0.410 e. The molecule has 1 aliphatic rings. The fraction of sp³-hybridized carbons (Fsp3) is 0.500. The second kappa shape index (κ2) is 8.10. The van der Waals surface area contributed by atoms with Crippen molar-refractivity contribution in [3.63, 3.8) is 0 Å². The number of nitrogens with zero attached hydrogens (tertiary/aromatic N) is 4. The first kappa shape index (κ1) is 20.6. The molecule has 1 aromatic carbocycles. The Balaban J connectivity index is 1.76. The molecule has 0 atom stereocenters. The molecule has 0 N–H and O–H groups in total. The Bertz CT molecular complexity index is 970. The van der Waals surface area contributed by atoms with Gasteiger partial charge in [-0.25, -0.2) is 18.8 Å². The van der Waals surface area contributed by atoms with Crippen LogP contribution in [0.5, 0.6) is 0 Å². The van der Waals surface area contributed by atoms with Crippen molar-refractivity contribution in [1.29, 1.82) is 0 Å². The first-order chi connectivity index (χ1) is 13.7. The van der Waals surface area contributed by atoms with Crippen LogP contribution in [-0.2, 0) is 33.8 Å². The summed E-state index contributed by atoms with van der Waals surface area (Å²) < 4.78 is 12.8. The van der Waals surface area contributed by atoms with Crippen molar-refractivity contribution >= 4 is 12.1 Å². The number of carbonyl (C=O) groups excluding carboxylic acids is 2. The molecule has 2 aromatic rings. The van der Waals surface area contributed by atoms with Gasteiger partial charge in [-0.15, -0.1) is 0 Å². The van der Waals surface area contributed by atoms with Gasteiger partial charge in [-0.2, -0.15) is 5.10 Å². The molecule has 0 fully saturated rings. The van der Waals surface area contributed by atoms with Crippen LogP contribution < -0.4 is 5.69 Å². The van der Waals surface area contributed by atoms with E-state index in [1.807, 2.05) is 32.9 Å². The number of benzene rings is 1. The lowest BCUT2D eigenvalue weighted by atomic mass is 9.99. The molecule has 156 valence electrons. The molecule has 0 bridgehead atoms. The van der Waals surface area contributed by atoms with Crippen LogP contribution in [0.25, 0.3) is 5.69 Å². The van der Waals surface area contributed by atoms with Gasteiger partial charge in [-0.3, -0.25) is 4.79 Å². The van der Waals surface area contributed by atoms with Gasteiger partial charge in [-0.1, -0.05) is 6.07 Å². The van der Waals surface area contributed by atoms with Crippen LogP contribution >= 0.6 is 0 Å². The predicted octanol–water partition coefficient (Wildman–Crippen LogP) is 1.89. The number of amides is 1. The molecule has 1 aromatic heterocycles. The summed E-state index contributed by atoms with van der Waals surface area (Å²) in [6.45, 7) is 8.26. The average molecular weight is 402 g/mol. The van der Waals surface area contributed by atoms with E-state index >= 15 is 0 Å². The van der Waals surface area contributed by atoms with Gasteiger partial charge in [0.1, 0.15) is 18.5 Å². The number of hydrogen-bond donors (Lipinski definition) is 0. The van der Waals surface area contributed by atoms with E-state index in [4.69, 9.17) is 9.47 Å². The van der Waals surface area contributed by atoms with Crippen LogP contribution in [0.3, 0.4) is 0 Å². The molecule has 9 nitrogen and oxygen atoms in total. The van der Waals surface area contributed by atoms with Gasteiger partial charge in [0.15, 0.2) is 0 Å². The SMILES string of the molecule is CCOC(=O)Cn1ncn(-c2ccc3c(c2)CCN(C(=O)OC(C)(C)C)C3)c1=O. The third-order valence-electron chi connectivity index (χ3n) is 4.45. The molecular weight excluding hydrogens is 376 g/mol. The summed E-state index contributed by atoms with van der Waals surface area (Å²) in [7, 11) is 0. The van der Waals surface area contributed by atoms with Crippen molar-refractivity contribution in [2.45, 2.75) is 52.8 Å². The van der Waals surface area contributed by atoms with E-state index in [0.717, 1.165) is 15.8 Å². The van der Waals surface area contributed by atoms with Crippen molar-refractivity contribution in [1.82, 2.24) is 19.2 Å². The molecule has 1 amide bonds. The molecule has 3 rings (SSSR count). The first-order valence-electron chi connectivity index (χ1n) is 9.58. The van der Waals surface area contributed by atoms with E-state index in [2.05, 4.69) is 5.10 Å². The lowest BCUT2D eigenvalue weighted by Crippen LogP contribution is -2.39. The van der Waals surface area contributed by atoms with Gasteiger partial charge in [0, 0.05) is 13.1 Å². The molecule has 9 heteroatoms. The second-order valence-corrected chi connectivity index (χ2v) is 7.85. The molecule has 0 unspecified atom stereocenters. The number of carbonyl (C=O) groups is 2. The summed E-state index contributed by atoms with van der Waals surface area (Å²) in [5.74, 6) is -0.507. The summed E-state index contributed by atoms with van der Waals surface area (Å²) in [6.07, 6.45) is 1.72. The zero-order valence-corrected chi connectivity index (χ0v) is 17.2. The van der Waals surface area contributed by atoms with Gasteiger partial charge in [0.25, 0.3) is 0 Å². The largest absolute Gasteiger partial charge is 0.465 e. The third-order valence-corrected chi connectivity index (χ3v) is 4.45. The maximum atomic E-state index is 12.5. The van der Waals surface area contributed by atoms with E-state index in [9.17, 15) is 14.4 Å². The molecule has 0 radical (unpaired) electrons. The monoisotopic (exact) mass is 402 g/mol. The van der Waals surface area contributed by atoms with Crippen LogP contribution in [0.2, 0.25) is 0 Å². The second-order valence-electron chi connectivity index (χ2n) is 7.85. The summed E-state index contributed by atoms with van der Waals surface area (Å²) in [6, 6.07) is 5.62. The fourth-order valence-electron chi connectivity index (χ4n) is 3.12. The maximum absolute atomic E-state index is 12.5. The first-order valence-corrected chi connectivity index (χ1v) is 9.58. The maximum Gasteiger partial charge on any atom is 0.410 e. The molecule has 1 aliphatic heterocycles. The van der Waals surface area contributed by atoms with Gasteiger partial charge in [0.2, 0.25) is 0 Å². The summed E-state index contributed by atoms with van der Waals surface area (Å²) in [4.78, 5) is 38.1. The number of esters is 1. The Morgan fingerprint density at radius 3 is 2.66 bits per heavy atom. The number of hydrogen-bond acceptors (Lipinski definition) is 6. The standard InChI is InChI=1S/C20H26N4O5/c1-5-28-17(25)12-24-18(26)23(13-21-24)16-7-6-15-11-22(9-8-14(15)10-16)19(27)29-20(2,3)4/h6-7,10,13H,5,8-9,11-12H2,1-4H3. The molecule has 0 spiro atoms. The van der Waals surface area contributed by atoms with Crippen LogP contribution in [0.15, 0.2) is 29.3 Å². The third kappa shape index (κ3) is 4.85. The molecule has 0 aliphatic carbocycles. The molecule has 29 heavy (non-hydrogen) atoms. The fourth-order valence-corrected chi connectivity index (χ4v) is 3.12. The Morgan fingerprint density at radius 2 is 1.97 bits per heavy atom. The minimum absolute atomic E-state index is 0.227. The zero-order valence-electron chi connectivity index (χ0n) is 17.2. The van der Waals surface area contributed by atoms with Gasteiger partial charge >= 0.3 is 17.8 Å². The van der Waals surface area contributed by atoms with E-state index in [1.165, 1.54) is 10.9 Å². The Hall–Kier alpha value is -3.10. The topological polar surface area (TPSA) is 95.7 Å². The number of ether oxygens (including phenoxy) is 2. The molecular formula is C20H26N4O5. The van der Waals surface area contributed by atoms with E-state index < -0.39 is 17.3 Å². The normalized spacial score (nSPS) is 13.7. The van der Waals surface area contributed by atoms with Crippen LogP contribution in [0.4, 0.5) is 4.79 Å². The van der Waals surface area contributed by atoms with Gasteiger partial charge in [0.05, 0.1) is 12.3 Å². The number of fused-ring (bicyclic) bond motifs is 1. The highest BCUT2D eigenvalue weighted by Crippen LogP contribution is 2.23. The highest BCUT2D eigenvalue weighted by Gasteiger charge is 2.26. The molecule has 0 saturated carbocycles. The van der Waals surface area contributed by atoms with Crippen LogP contribution in [-0.4, -0.2) is 50.1 Å². The lowest BCUT2D eigenvalue weighted by Gasteiger charge is -2.31. The summed E-state index contributed by atoms with van der Waals surface area (Å²) in [5, 5.41) is 3.99. The van der Waals surface area contributed by atoms with E-state index in [-0.39, 0.29) is 19.2 Å². The lowest BCUT2D eigenvalue weighted by molar-refractivity contribution is -0.144. The zero-order chi connectivity index (χ0) is 21.2. The minimum atomic E-state index is -0.536. The summed E-state index contributed by atoms with van der Waals surface area (Å²) >= 11 is 0. The quantitative estimate of drug-likeness (QED) is 0.725. The predicted molar refractivity (Wildman–Crippen MR) is 105 cm³/mol. The van der Waals surface area contributed by atoms with Crippen molar-refractivity contribution in [3.8, 4) is 5.69 Å². The average Bonchev–Trinajstić information content (AvgIpc) is 3.00. The molecule has 2 heterocycles. The highest BCUT2D eigenvalue weighted by molar-refractivity contribution is 5.69. The van der Waals surface area contributed by atoms with Gasteiger partial charge in [-0.05, 0) is 57.4 Å². The van der Waals surface area contributed by atoms with E-state index in [0.29, 0.717) is 25.2 Å². The Kier molecular flexibility index (Phi) is 5.76. The van der Waals surface area contributed by atoms with Crippen LogP contribution in [0, 0.1) is 0 Å². The number of rotatable bonds is 4. The van der Waals surface area contributed by atoms with Crippen molar-refractivity contribution in [3.05, 3.63) is 46.1 Å². The minimum Gasteiger partial charge on any atom is -0.465 e. The van der Waals surface area contributed by atoms with Crippen LogP contribution in [0.1, 0.15) is 38.8 Å². The van der Waals surface area contributed by atoms with Crippen molar-refractivity contribution < 1.29 is 19.1 Å². The Morgan fingerprint density at radius 1 is 1.21 bits per heavy atom. The highest BCUT2D eigenvalue weighted by atomic mass is 16.6.